The molecule has 0 heterocycles. The highest BCUT2D eigenvalue weighted by Crippen LogP contribution is 2.29. The second kappa shape index (κ2) is 11.3. The molecule has 172 valence electrons. The van der Waals surface area contributed by atoms with E-state index in [1.807, 2.05) is 91.9 Å². The molecule has 1 amide bonds. The molecule has 0 fully saturated rings. The summed E-state index contributed by atoms with van der Waals surface area (Å²) in [4.78, 5) is 12.4. The van der Waals surface area contributed by atoms with Crippen molar-refractivity contribution >= 4 is 34.5 Å². The van der Waals surface area contributed by atoms with Crippen molar-refractivity contribution in [3.05, 3.63) is 107 Å². The second-order valence-corrected chi connectivity index (χ2v) is 8.10. The van der Waals surface area contributed by atoms with Crippen LogP contribution in [0.3, 0.4) is 0 Å². The molecule has 0 unspecified atom stereocenters. The minimum absolute atomic E-state index is 0.180. The highest BCUT2D eigenvalue weighted by molar-refractivity contribution is 6.30. The maximum atomic E-state index is 12.4. The number of nitrogens with zero attached hydrogens (tertiary/aromatic N) is 1. The Balaban J connectivity index is 1.38. The average Bonchev–Trinajstić information content (AvgIpc) is 2.85. The van der Waals surface area contributed by atoms with E-state index < -0.39 is 0 Å². The Labute approximate surface area is 204 Å². The molecule has 4 aromatic rings. The van der Waals surface area contributed by atoms with E-state index in [4.69, 9.17) is 21.1 Å². The molecular weight excluding hydrogens is 448 g/mol. The van der Waals surface area contributed by atoms with Crippen LogP contribution in [-0.2, 0) is 17.8 Å². The van der Waals surface area contributed by atoms with Gasteiger partial charge in [-0.25, -0.2) is 5.43 Å². The first kappa shape index (κ1) is 23.3. The Hall–Kier alpha value is -3.83. The standard InChI is InChI=1S/C28H25ClN2O3/c1-2-33-27-16-21(12-15-26(27)34-19-20-10-13-24(29)14-11-20)18-30-31-28(32)17-23-8-5-7-22-6-3-4-9-25(22)23/h3-16,18H,2,17,19H2,1H3,(H,31,32)/b30-18-. The highest BCUT2D eigenvalue weighted by atomic mass is 35.5. The first-order chi connectivity index (χ1) is 16.6. The van der Waals surface area contributed by atoms with Crippen LogP contribution in [0.5, 0.6) is 11.5 Å². The number of carbonyl (C=O) groups is 1. The summed E-state index contributed by atoms with van der Waals surface area (Å²) in [7, 11) is 0. The normalized spacial score (nSPS) is 11.0. The van der Waals surface area contributed by atoms with Crippen molar-refractivity contribution in [1.82, 2.24) is 5.43 Å². The Morgan fingerprint density at radius 2 is 1.74 bits per heavy atom. The fraction of sp³-hybridized carbons (Fsp3) is 0.143. The molecule has 0 saturated carbocycles. The van der Waals surface area contributed by atoms with Gasteiger partial charge in [-0.1, -0.05) is 66.2 Å². The van der Waals surface area contributed by atoms with Crippen molar-refractivity contribution in [2.24, 2.45) is 5.10 Å². The lowest BCUT2D eigenvalue weighted by Gasteiger charge is -2.12. The molecule has 5 nitrogen and oxygen atoms in total. The molecule has 4 aromatic carbocycles. The number of hydrogen-bond acceptors (Lipinski definition) is 4. The topological polar surface area (TPSA) is 59.9 Å². The van der Waals surface area contributed by atoms with Gasteiger partial charge in [0.15, 0.2) is 11.5 Å². The molecule has 6 heteroatoms. The van der Waals surface area contributed by atoms with Crippen LogP contribution < -0.4 is 14.9 Å². The lowest BCUT2D eigenvalue weighted by atomic mass is 10.0. The van der Waals surface area contributed by atoms with E-state index >= 15 is 0 Å². The van der Waals surface area contributed by atoms with E-state index in [-0.39, 0.29) is 12.3 Å². The van der Waals surface area contributed by atoms with Crippen molar-refractivity contribution in [3.63, 3.8) is 0 Å². The lowest BCUT2D eigenvalue weighted by molar-refractivity contribution is -0.120. The van der Waals surface area contributed by atoms with Crippen LogP contribution in [0.15, 0.2) is 90.0 Å². The number of carbonyl (C=O) groups excluding carboxylic acids is 1. The molecule has 4 rings (SSSR count). The van der Waals surface area contributed by atoms with E-state index in [9.17, 15) is 4.79 Å². The maximum Gasteiger partial charge on any atom is 0.244 e. The summed E-state index contributed by atoms with van der Waals surface area (Å²) < 4.78 is 11.7. The molecule has 0 aliphatic carbocycles. The van der Waals surface area contributed by atoms with Crippen LogP contribution >= 0.6 is 11.6 Å². The van der Waals surface area contributed by atoms with E-state index in [1.54, 1.807) is 6.21 Å². The summed E-state index contributed by atoms with van der Waals surface area (Å²) in [6, 6.07) is 27.0. The SMILES string of the molecule is CCOc1cc(/C=N\NC(=O)Cc2cccc3ccccc23)ccc1OCc1ccc(Cl)cc1. The van der Waals surface area contributed by atoms with Crippen LogP contribution in [-0.4, -0.2) is 18.7 Å². The van der Waals surface area contributed by atoms with E-state index in [0.717, 1.165) is 27.5 Å². The van der Waals surface area contributed by atoms with Gasteiger partial charge in [0.25, 0.3) is 0 Å². The summed E-state index contributed by atoms with van der Waals surface area (Å²) in [6.07, 6.45) is 1.84. The zero-order valence-electron chi connectivity index (χ0n) is 18.8. The molecule has 0 saturated heterocycles. The third-order valence-corrected chi connectivity index (χ3v) is 5.46. The number of benzene rings is 4. The molecule has 0 spiro atoms. The van der Waals surface area contributed by atoms with Gasteiger partial charge in [-0.3, -0.25) is 4.79 Å². The van der Waals surface area contributed by atoms with Crippen LogP contribution in [0.1, 0.15) is 23.6 Å². The molecule has 0 aliphatic heterocycles. The highest BCUT2D eigenvalue weighted by Gasteiger charge is 2.08. The predicted molar refractivity (Wildman–Crippen MR) is 137 cm³/mol. The number of fused-ring (bicyclic) bond motifs is 1. The third kappa shape index (κ3) is 6.15. The molecule has 34 heavy (non-hydrogen) atoms. The number of hydrazone groups is 1. The third-order valence-electron chi connectivity index (χ3n) is 5.21. The number of rotatable bonds is 9. The summed E-state index contributed by atoms with van der Waals surface area (Å²) in [5.41, 5.74) is 5.36. The van der Waals surface area contributed by atoms with Crippen molar-refractivity contribution in [3.8, 4) is 11.5 Å². The van der Waals surface area contributed by atoms with Gasteiger partial charge >= 0.3 is 0 Å². The van der Waals surface area contributed by atoms with Gasteiger partial charge in [0, 0.05) is 5.02 Å². The zero-order chi connectivity index (χ0) is 23.8. The molecule has 0 bridgehead atoms. The largest absolute Gasteiger partial charge is 0.490 e. The predicted octanol–water partition coefficient (Wildman–Crippen LogP) is 6.16. The zero-order valence-corrected chi connectivity index (χ0v) is 19.6. The fourth-order valence-electron chi connectivity index (χ4n) is 3.57. The van der Waals surface area contributed by atoms with Gasteiger partial charge in [-0.15, -0.1) is 0 Å². The van der Waals surface area contributed by atoms with E-state index in [0.29, 0.717) is 29.7 Å². The summed E-state index contributed by atoms with van der Waals surface area (Å²) in [5.74, 6) is 1.07. The quantitative estimate of drug-likeness (QED) is 0.234. The Morgan fingerprint density at radius 1 is 0.941 bits per heavy atom. The molecule has 1 N–H and O–H groups in total. The van der Waals surface area contributed by atoms with E-state index in [2.05, 4.69) is 10.5 Å². The summed E-state index contributed by atoms with van der Waals surface area (Å²) in [5, 5.41) is 6.98. The lowest BCUT2D eigenvalue weighted by Crippen LogP contribution is -2.19. The van der Waals surface area contributed by atoms with Crippen molar-refractivity contribution in [1.29, 1.82) is 0 Å². The molecule has 0 aromatic heterocycles. The van der Waals surface area contributed by atoms with Crippen LogP contribution in [0.25, 0.3) is 10.8 Å². The number of hydrogen-bond donors (Lipinski definition) is 1. The van der Waals surface area contributed by atoms with Crippen LogP contribution in [0, 0.1) is 0 Å². The second-order valence-electron chi connectivity index (χ2n) is 7.66. The van der Waals surface area contributed by atoms with Crippen molar-refractivity contribution in [2.75, 3.05) is 6.61 Å². The Kier molecular flexibility index (Phi) is 7.79. The number of nitrogens with one attached hydrogen (secondary N) is 1. The fourth-order valence-corrected chi connectivity index (χ4v) is 3.70. The summed E-state index contributed by atoms with van der Waals surface area (Å²) in [6.45, 7) is 2.81. The van der Waals surface area contributed by atoms with Gasteiger partial charge in [0.1, 0.15) is 6.61 Å². The van der Waals surface area contributed by atoms with Crippen LogP contribution in [0.4, 0.5) is 0 Å². The van der Waals surface area contributed by atoms with Gasteiger partial charge < -0.3 is 9.47 Å². The average molecular weight is 473 g/mol. The molecular formula is C28H25ClN2O3. The summed E-state index contributed by atoms with van der Waals surface area (Å²) >= 11 is 5.94. The van der Waals surface area contributed by atoms with Gasteiger partial charge in [0.2, 0.25) is 5.91 Å². The minimum Gasteiger partial charge on any atom is -0.490 e. The van der Waals surface area contributed by atoms with Gasteiger partial charge in [0.05, 0.1) is 19.2 Å². The van der Waals surface area contributed by atoms with Crippen LogP contribution in [0.2, 0.25) is 5.02 Å². The molecule has 0 atom stereocenters. The molecule has 0 radical (unpaired) electrons. The van der Waals surface area contributed by atoms with Crippen molar-refractivity contribution < 1.29 is 14.3 Å². The van der Waals surface area contributed by atoms with Gasteiger partial charge in [-0.2, -0.15) is 5.10 Å². The smallest absolute Gasteiger partial charge is 0.244 e. The van der Waals surface area contributed by atoms with Crippen molar-refractivity contribution in [2.45, 2.75) is 20.0 Å². The number of amides is 1. The monoisotopic (exact) mass is 472 g/mol. The Morgan fingerprint density at radius 3 is 2.56 bits per heavy atom. The van der Waals surface area contributed by atoms with E-state index in [1.165, 1.54) is 0 Å². The maximum absolute atomic E-state index is 12.4. The number of ether oxygens (including phenoxy) is 2. The number of halogens is 1. The first-order valence-electron chi connectivity index (χ1n) is 11.0. The molecule has 0 aliphatic rings. The minimum atomic E-state index is -0.180. The Bertz CT molecular complexity index is 1300. The first-order valence-corrected chi connectivity index (χ1v) is 11.4. The van der Waals surface area contributed by atoms with Gasteiger partial charge in [-0.05, 0) is 64.7 Å².